The van der Waals surface area contributed by atoms with Crippen LogP contribution in [0, 0.1) is 13.8 Å². The second-order valence-electron chi connectivity index (χ2n) is 7.45. The number of halogens is 1. The molecule has 32 heavy (non-hydrogen) atoms. The number of para-hydroxylation sites is 1. The number of amides is 2. The van der Waals surface area contributed by atoms with E-state index < -0.39 is 0 Å². The van der Waals surface area contributed by atoms with Crippen LogP contribution < -0.4 is 21.3 Å². The molecule has 1 unspecified atom stereocenters. The highest BCUT2D eigenvalue weighted by Crippen LogP contribution is 2.29. The van der Waals surface area contributed by atoms with Crippen LogP contribution in [0.3, 0.4) is 0 Å². The number of anilines is 4. The van der Waals surface area contributed by atoms with E-state index in [4.69, 9.17) is 17.3 Å². The molecule has 4 N–H and O–H groups in total. The van der Waals surface area contributed by atoms with Crippen molar-refractivity contribution in [3.63, 3.8) is 0 Å². The quantitative estimate of drug-likeness (QED) is 0.500. The largest absolute Gasteiger partial charge is 0.368 e. The molecule has 0 bridgehead atoms. The van der Waals surface area contributed by atoms with Gasteiger partial charge < -0.3 is 21.3 Å². The summed E-state index contributed by atoms with van der Waals surface area (Å²) in [4.78, 5) is 39.9. The summed E-state index contributed by atoms with van der Waals surface area (Å²) in [7, 11) is 0. The standard InChI is InChI=1S/C21H22ClN7O2S/c1-11-5-3-6-13(22)18(11)28-20(31)15-10-24-21(32-15)27-16-9-17(26-12(2)25-16)29-8-4-7-14(29)19(23)30/h3,5-6,9-10,14H,4,7-8H2,1-2H3,(H2,23,30)(H,28,31)(H,24,25,26,27). The van der Waals surface area contributed by atoms with Crippen molar-refractivity contribution < 1.29 is 9.59 Å². The summed E-state index contributed by atoms with van der Waals surface area (Å²) in [6.45, 7) is 4.35. The van der Waals surface area contributed by atoms with Gasteiger partial charge in [-0.15, -0.1) is 0 Å². The van der Waals surface area contributed by atoms with Crippen LogP contribution in [0.4, 0.5) is 22.5 Å². The molecule has 0 radical (unpaired) electrons. The Kier molecular flexibility index (Phi) is 6.24. The van der Waals surface area contributed by atoms with Crippen LogP contribution in [-0.4, -0.2) is 39.4 Å². The van der Waals surface area contributed by atoms with Gasteiger partial charge in [0.25, 0.3) is 5.91 Å². The number of primary amides is 1. The smallest absolute Gasteiger partial charge is 0.267 e. The van der Waals surface area contributed by atoms with Crippen molar-refractivity contribution in [1.82, 2.24) is 15.0 Å². The van der Waals surface area contributed by atoms with Crippen LogP contribution in [-0.2, 0) is 4.79 Å². The number of aryl methyl sites for hydroxylation is 2. The molecular formula is C21H22ClN7O2S. The van der Waals surface area contributed by atoms with E-state index in [1.165, 1.54) is 17.5 Å². The number of nitrogens with two attached hydrogens (primary N) is 1. The van der Waals surface area contributed by atoms with E-state index in [9.17, 15) is 9.59 Å². The molecule has 0 spiro atoms. The van der Waals surface area contributed by atoms with Crippen molar-refractivity contribution in [3.05, 3.63) is 51.7 Å². The summed E-state index contributed by atoms with van der Waals surface area (Å²) < 4.78 is 0. The van der Waals surface area contributed by atoms with Crippen molar-refractivity contribution in [1.29, 1.82) is 0 Å². The van der Waals surface area contributed by atoms with E-state index in [0.717, 1.165) is 12.0 Å². The molecule has 166 valence electrons. The minimum Gasteiger partial charge on any atom is -0.368 e. The molecule has 4 rings (SSSR count). The van der Waals surface area contributed by atoms with Gasteiger partial charge in [-0.1, -0.05) is 35.1 Å². The van der Waals surface area contributed by atoms with Crippen molar-refractivity contribution in [3.8, 4) is 0 Å². The normalized spacial score (nSPS) is 15.6. The average Bonchev–Trinajstić information content (AvgIpc) is 3.40. The van der Waals surface area contributed by atoms with Crippen LogP contribution in [0.1, 0.15) is 33.9 Å². The molecule has 2 amide bonds. The van der Waals surface area contributed by atoms with Gasteiger partial charge in [-0.2, -0.15) is 0 Å². The van der Waals surface area contributed by atoms with Crippen molar-refractivity contribution in [2.45, 2.75) is 32.7 Å². The summed E-state index contributed by atoms with van der Waals surface area (Å²) in [5, 5.41) is 6.94. The van der Waals surface area contributed by atoms with Gasteiger partial charge in [0.2, 0.25) is 5.91 Å². The minimum atomic E-state index is -0.374. The van der Waals surface area contributed by atoms with Gasteiger partial charge in [0.1, 0.15) is 28.4 Å². The maximum Gasteiger partial charge on any atom is 0.267 e. The van der Waals surface area contributed by atoms with Gasteiger partial charge >= 0.3 is 0 Å². The summed E-state index contributed by atoms with van der Waals surface area (Å²) >= 11 is 7.39. The molecule has 3 heterocycles. The van der Waals surface area contributed by atoms with Crippen molar-refractivity contribution >= 4 is 57.2 Å². The van der Waals surface area contributed by atoms with Crippen LogP contribution >= 0.6 is 22.9 Å². The molecular weight excluding hydrogens is 450 g/mol. The number of rotatable bonds is 6. The van der Waals surface area contributed by atoms with E-state index in [-0.39, 0.29) is 17.9 Å². The Labute approximate surface area is 194 Å². The zero-order valence-corrected chi connectivity index (χ0v) is 19.1. The number of nitrogens with zero attached hydrogens (tertiary/aromatic N) is 4. The van der Waals surface area contributed by atoms with Gasteiger partial charge in [0, 0.05) is 12.6 Å². The number of hydrogen-bond acceptors (Lipinski definition) is 8. The Bertz CT molecular complexity index is 1160. The van der Waals surface area contributed by atoms with E-state index in [1.807, 2.05) is 24.0 Å². The third-order valence-corrected chi connectivity index (χ3v) is 6.35. The van der Waals surface area contributed by atoms with Gasteiger partial charge in [-0.05, 0) is 38.3 Å². The fourth-order valence-corrected chi connectivity index (χ4v) is 4.60. The molecule has 11 heteroatoms. The van der Waals surface area contributed by atoms with Crippen molar-refractivity contribution in [2.24, 2.45) is 5.73 Å². The zero-order chi connectivity index (χ0) is 22.8. The molecule has 0 saturated carbocycles. The summed E-state index contributed by atoms with van der Waals surface area (Å²) in [5.74, 6) is 1.03. The van der Waals surface area contributed by atoms with E-state index >= 15 is 0 Å². The summed E-state index contributed by atoms with van der Waals surface area (Å²) in [6, 6.07) is 6.80. The Hall–Kier alpha value is -3.24. The lowest BCUT2D eigenvalue weighted by Crippen LogP contribution is -2.40. The maximum absolute atomic E-state index is 12.7. The molecule has 1 aromatic carbocycles. The second kappa shape index (κ2) is 9.09. The van der Waals surface area contributed by atoms with Gasteiger partial charge in [0.05, 0.1) is 16.9 Å². The first-order chi connectivity index (χ1) is 15.3. The Morgan fingerprint density at radius 1 is 1.28 bits per heavy atom. The molecule has 1 aliphatic heterocycles. The van der Waals surface area contributed by atoms with Crippen LogP contribution in [0.2, 0.25) is 5.02 Å². The monoisotopic (exact) mass is 471 g/mol. The number of carbonyl (C=O) groups is 2. The minimum absolute atomic E-state index is 0.298. The number of nitrogens with one attached hydrogen (secondary N) is 2. The number of benzene rings is 1. The topological polar surface area (TPSA) is 126 Å². The number of thiazole rings is 1. The van der Waals surface area contributed by atoms with Crippen LogP contribution in [0.25, 0.3) is 0 Å². The fraction of sp³-hybridized carbons (Fsp3) is 0.286. The van der Waals surface area contributed by atoms with Crippen LogP contribution in [0.5, 0.6) is 0 Å². The Morgan fingerprint density at radius 3 is 2.84 bits per heavy atom. The third-order valence-electron chi connectivity index (χ3n) is 5.12. The molecule has 1 atom stereocenters. The molecule has 3 aromatic rings. The SMILES string of the molecule is Cc1nc(Nc2ncc(C(=O)Nc3c(C)cccc3Cl)s2)cc(N2CCCC2C(N)=O)n1. The first kappa shape index (κ1) is 22.0. The van der Waals surface area contributed by atoms with Crippen molar-refractivity contribution in [2.75, 3.05) is 22.1 Å². The number of aromatic nitrogens is 3. The first-order valence-electron chi connectivity index (χ1n) is 10.0. The molecule has 1 aliphatic rings. The van der Waals surface area contributed by atoms with Crippen LogP contribution in [0.15, 0.2) is 30.5 Å². The molecule has 1 fully saturated rings. The van der Waals surface area contributed by atoms with Gasteiger partial charge in [0.15, 0.2) is 5.13 Å². The van der Waals surface area contributed by atoms with E-state index in [2.05, 4.69) is 25.6 Å². The second-order valence-corrected chi connectivity index (χ2v) is 8.89. The molecule has 2 aromatic heterocycles. The lowest BCUT2D eigenvalue weighted by Gasteiger charge is -2.23. The molecule has 1 saturated heterocycles. The average molecular weight is 472 g/mol. The summed E-state index contributed by atoms with van der Waals surface area (Å²) in [6.07, 6.45) is 3.07. The lowest BCUT2D eigenvalue weighted by atomic mass is 10.2. The Morgan fingerprint density at radius 2 is 2.09 bits per heavy atom. The van der Waals surface area contributed by atoms with Gasteiger partial charge in [-0.3, -0.25) is 9.59 Å². The fourth-order valence-electron chi connectivity index (χ4n) is 3.61. The predicted molar refractivity (Wildman–Crippen MR) is 126 cm³/mol. The third kappa shape index (κ3) is 4.66. The van der Waals surface area contributed by atoms with E-state index in [0.29, 0.717) is 51.1 Å². The summed E-state index contributed by atoms with van der Waals surface area (Å²) in [5.41, 5.74) is 6.98. The zero-order valence-electron chi connectivity index (χ0n) is 17.6. The number of hydrogen-bond donors (Lipinski definition) is 3. The molecule has 9 nitrogen and oxygen atoms in total. The predicted octanol–water partition coefficient (Wildman–Crippen LogP) is 3.65. The maximum atomic E-state index is 12.7. The first-order valence-corrected chi connectivity index (χ1v) is 11.2. The van der Waals surface area contributed by atoms with Gasteiger partial charge in [-0.25, -0.2) is 15.0 Å². The number of carbonyl (C=O) groups excluding carboxylic acids is 2. The highest BCUT2D eigenvalue weighted by Gasteiger charge is 2.30. The highest BCUT2D eigenvalue weighted by atomic mass is 35.5. The molecule has 0 aliphatic carbocycles. The van der Waals surface area contributed by atoms with E-state index in [1.54, 1.807) is 19.1 Å². The highest BCUT2D eigenvalue weighted by molar-refractivity contribution is 7.17. The lowest BCUT2D eigenvalue weighted by molar-refractivity contribution is -0.119. The Balaban J connectivity index is 1.50.